The first-order valence-corrected chi connectivity index (χ1v) is 7.76. The van der Waals surface area contributed by atoms with E-state index in [-0.39, 0.29) is 29.8 Å². The van der Waals surface area contributed by atoms with E-state index in [2.05, 4.69) is 10.6 Å². The number of hydrogen-bond donors (Lipinski definition) is 2. The summed E-state index contributed by atoms with van der Waals surface area (Å²) < 4.78 is 44.0. The number of carbonyl (C=O) groups is 1. The lowest BCUT2D eigenvalue weighted by Crippen LogP contribution is -2.46. The Balaban J connectivity index is 1.55. The zero-order valence-electron chi connectivity index (χ0n) is 12.1. The van der Waals surface area contributed by atoms with Gasteiger partial charge >= 0.3 is 12.2 Å². The Bertz CT molecular complexity index is 609. The Labute approximate surface area is 136 Å². The van der Waals surface area contributed by atoms with Crippen LogP contribution in [0.3, 0.4) is 0 Å². The molecule has 0 unspecified atom stereocenters. The predicted molar refractivity (Wildman–Crippen MR) is 78.1 cm³/mol. The minimum atomic E-state index is -4.52. The van der Waals surface area contributed by atoms with Crippen LogP contribution in [0, 0.1) is 0 Å². The molecule has 0 aromatic heterocycles. The first-order valence-electron chi connectivity index (χ1n) is 7.38. The van der Waals surface area contributed by atoms with E-state index in [1.807, 2.05) is 0 Å². The fourth-order valence-electron chi connectivity index (χ4n) is 3.09. The average molecular weight is 349 g/mol. The van der Waals surface area contributed by atoms with Crippen molar-refractivity contribution in [2.75, 3.05) is 0 Å². The van der Waals surface area contributed by atoms with Crippen molar-refractivity contribution in [2.45, 2.75) is 50.2 Å². The molecule has 2 amide bonds. The number of urea groups is 1. The molecular weight excluding hydrogens is 333 g/mol. The van der Waals surface area contributed by atoms with Crippen molar-refractivity contribution in [3.05, 3.63) is 34.3 Å². The standard InChI is InChI=1S/C15H16ClF3N2O2/c16-11-3-1-8(5-10(11)15(17,18)19)7-20-14(22)21-12-6-9-2-4-13(12)23-9/h1,3,5,9,12-13H,2,4,6-7H2,(H2,20,21,22)/t9-,12+,13+/m0/s1. The van der Waals surface area contributed by atoms with Gasteiger partial charge in [-0.2, -0.15) is 13.2 Å². The number of alkyl halides is 3. The maximum atomic E-state index is 12.8. The molecule has 4 nitrogen and oxygen atoms in total. The Morgan fingerprint density at radius 3 is 2.74 bits per heavy atom. The van der Waals surface area contributed by atoms with Gasteiger partial charge < -0.3 is 15.4 Å². The molecule has 0 spiro atoms. The second-order valence-electron chi connectivity index (χ2n) is 5.86. The topological polar surface area (TPSA) is 50.4 Å². The van der Waals surface area contributed by atoms with E-state index >= 15 is 0 Å². The van der Waals surface area contributed by atoms with Crippen LogP contribution in [-0.4, -0.2) is 24.3 Å². The molecule has 23 heavy (non-hydrogen) atoms. The third-order valence-corrected chi connectivity index (χ3v) is 4.54. The number of nitrogens with one attached hydrogen (secondary N) is 2. The molecule has 8 heteroatoms. The number of rotatable bonds is 3. The van der Waals surface area contributed by atoms with E-state index in [9.17, 15) is 18.0 Å². The van der Waals surface area contributed by atoms with Gasteiger partial charge in [-0.25, -0.2) is 4.79 Å². The summed E-state index contributed by atoms with van der Waals surface area (Å²) in [5.74, 6) is 0. The quantitative estimate of drug-likeness (QED) is 0.878. The van der Waals surface area contributed by atoms with Crippen molar-refractivity contribution >= 4 is 17.6 Å². The summed E-state index contributed by atoms with van der Waals surface area (Å²) in [6.07, 6.45) is -1.50. The fourth-order valence-corrected chi connectivity index (χ4v) is 3.32. The minimum absolute atomic E-state index is 0.00620. The van der Waals surface area contributed by atoms with Gasteiger partial charge in [0.2, 0.25) is 0 Å². The Morgan fingerprint density at radius 2 is 2.13 bits per heavy atom. The predicted octanol–water partition coefficient (Wildman–Crippen LogP) is 3.48. The van der Waals surface area contributed by atoms with Crippen LogP contribution < -0.4 is 10.6 Å². The van der Waals surface area contributed by atoms with Crippen LogP contribution in [0.25, 0.3) is 0 Å². The second-order valence-corrected chi connectivity index (χ2v) is 6.26. The molecule has 1 aromatic carbocycles. The number of benzene rings is 1. The van der Waals surface area contributed by atoms with Crippen LogP contribution in [0.2, 0.25) is 5.02 Å². The molecule has 0 radical (unpaired) electrons. The molecule has 2 aliphatic rings. The largest absolute Gasteiger partial charge is 0.417 e. The molecule has 2 saturated heterocycles. The molecule has 2 aliphatic heterocycles. The number of ether oxygens (including phenoxy) is 1. The summed E-state index contributed by atoms with van der Waals surface area (Å²) in [5, 5.41) is 5.02. The second kappa shape index (κ2) is 6.20. The van der Waals surface area contributed by atoms with Crippen LogP contribution in [0.5, 0.6) is 0 Å². The van der Waals surface area contributed by atoms with E-state index in [0.29, 0.717) is 5.56 Å². The molecular formula is C15H16ClF3N2O2. The van der Waals surface area contributed by atoms with E-state index in [4.69, 9.17) is 16.3 Å². The first kappa shape index (κ1) is 16.4. The van der Waals surface area contributed by atoms with Gasteiger partial charge in [-0.3, -0.25) is 0 Å². The van der Waals surface area contributed by atoms with Crippen LogP contribution in [0.15, 0.2) is 18.2 Å². The summed E-state index contributed by atoms with van der Waals surface area (Å²) in [4.78, 5) is 11.9. The number of fused-ring (bicyclic) bond motifs is 2. The van der Waals surface area contributed by atoms with Gasteiger partial charge in [0.05, 0.1) is 28.8 Å². The number of amides is 2. The molecule has 3 atom stereocenters. The zero-order valence-corrected chi connectivity index (χ0v) is 12.9. The molecule has 2 bridgehead atoms. The molecule has 0 aliphatic carbocycles. The lowest BCUT2D eigenvalue weighted by molar-refractivity contribution is -0.137. The molecule has 2 fully saturated rings. The van der Waals surface area contributed by atoms with Crippen LogP contribution in [0.1, 0.15) is 30.4 Å². The van der Waals surface area contributed by atoms with Gasteiger partial charge in [-0.05, 0) is 37.0 Å². The van der Waals surface area contributed by atoms with Gasteiger partial charge in [0, 0.05) is 6.54 Å². The van der Waals surface area contributed by atoms with Gasteiger partial charge in [0.25, 0.3) is 0 Å². The molecule has 1 aromatic rings. The van der Waals surface area contributed by atoms with Gasteiger partial charge in [-0.1, -0.05) is 17.7 Å². The van der Waals surface area contributed by atoms with Crippen molar-refractivity contribution in [3.63, 3.8) is 0 Å². The van der Waals surface area contributed by atoms with Gasteiger partial charge in [0.1, 0.15) is 0 Å². The fraction of sp³-hybridized carbons (Fsp3) is 0.533. The van der Waals surface area contributed by atoms with Gasteiger partial charge in [-0.15, -0.1) is 0 Å². The molecule has 2 N–H and O–H groups in total. The Morgan fingerprint density at radius 1 is 1.35 bits per heavy atom. The third-order valence-electron chi connectivity index (χ3n) is 4.21. The molecule has 126 valence electrons. The van der Waals surface area contributed by atoms with Crippen molar-refractivity contribution < 1.29 is 22.7 Å². The summed E-state index contributed by atoms with van der Waals surface area (Å²) in [6.45, 7) is -0.00620. The maximum absolute atomic E-state index is 12.8. The molecule has 3 rings (SSSR count). The van der Waals surface area contributed by atoms with Crippen molar-refractivity contribution in [1.82, 2.24) is 10.6 Å². The SMILES string of the molecule is O=C(NCc1ccc(Cl)c(C(F)(F)F)c1)N[C@@H]1C[C@@H]2CC[C@H]1O2. The Hall–Kier alpha value is -1.47. The summed E-state index contributed by atoms with van der Waals surface area (Å²) in [7, 11) is 0. The van der Waals surface area contributed by atoms with Crippen molar-refractivity contribution in [2.24, 2.45) is 0 Å². The van der Waals surface area contributed by atoms with E-state index in [1.54, 1.807) is 0 Å². The summed E-state index contributed by atoms with van der Waals surface area (Å²) in [6, 6.07) is 3.16. The Kier molecular flexibility index (Phi) is 4.42. The normalized spacial score (nSPS) is 26.3. The lowest BCUT2D eigenvalue weighted by Gasteiger charge is -2.20. The highest BCUT2D eigenvalue weighted by atomic mass is 35.5. The highest BCUT2D eigenvalue weighted by Gasteiger charge is 2.41. The highest BCUT2D eigenvalue weighted by Crippen LogP contribution is 2.35. The van der Waals surface area contributed by atoms with Crippen molar-refractivity contribution in [3.8, 4) is 0 Å². The average Bonchev–Trinajstić information content (AvgIpc) is 3.07. The monoisotopic (exact) mass is 348 g/mol. The maximum Gasteiger partial charge on any atom is 0.417 e. The smallest absolute Gasteiger partial charge is 0.373 e. The molecule has 2 heterocycles. The van der Waals surface area contributed by atoms with E-state index in [0.717, 1.165) is 25.3 Å². The first-order chi connectivity index (χ1) is 10.8. The van der Waals surface area contributed by atoms with Crippen LogP contribution >= 0.6 is 11.6 Å². The number of hydrogen-bond acceptors (Lipinski definition) is 2. The highest BCUT2D eigenvalue weighted by molar-refractivity contribution is 6.31. The minimum Gasteiger partial charge on any atom is -0.373 e. The lowest BCUT2D eigenvalue weighted by atomic mass is 9.96. The van der Waals surface area contributed by atoms with Crippen LogP contribution in [0.4, 0.5) is 18.0 Å². The summed E-state index contributed by atoms with van der Waals surface area (Å²) in [5.41, 5.74) is -0.568. The number of halogens is 4. The zero-order chi connectivity index (χ0) is 16.6. The third kappa shape index (κ3) is 3.72. The van der Waals surface area contributed by atoms with E-state index in [1.165, 1.54) is 12.1 Å². The molecule has 0 saturated carbocycles. The van der Waals surface area contributed by atoms with Crippen LogP contribution in [-0.2, 0) is 17.5 Å². The van der Waals surface area contributed by atoms with Crippen molar-refractivity contribution in [1.29, 1.82) is 0 Å². The van der Waals surface area contributed by atoms with E-state index < -0.39 is 17.8 Å². The summed E-state index contributed by atoms with van der Waals surface area (Å²) >= 11 is 5.56. The van der Waals surface area contributed by atoms with Gasteiger partial charge in [0.15, 0.2) is 0 Å². The number of carbonyl (C=O) groups excluding carboxylic acids is 1.